The second-order valence-corrected chi connectivity index (χ2v) is 5.99. The van der Waals surface area contributed by atoms with E-state index in [4.69, 9.17) is 4.74 Å². The summed E-state index contributed by atoms with van der Waals surface area (Å²) in [5, 5.41) is 0. The third kappa shape index (κ3) is 3.15. The van der Waals surface area contributed by atoms with Crippen LogP contribution in [0.1, 0.15) is 12.0 Å². The maximum absolute atomic E-state index is 13.9. The minimum absolute atomic E-state index is 0.0379. The molecule has 0 spiro atoms. The Labute approximate surface area is 131 Å². The number of hydrogen-bond acceptors (Lipinski definition) is 4. The van der Waals surface area contributed by atoms with Crippen molar-refractivity contribution in [1.82, 2.24) is 9.97 Å². The summed E-state index contributed by atoms with van der Waals surface area (Å²) in [5.41, 5.74) is 1.00. The SMILES string of the molecule is Cc1cnccc1OC1CCN(c2ncc(Br)cc2F)C1. The molecular formula is C15H15BrFN3O. The summed E-state index contributed by atoms with van der Waals surface area (Å²) in [6.07, 6.45) is 5.98. The van der Waals surface area contributed by atoms with E-state index >= 15 is 0 Å². The molecule has 1 aliphatic rings. The fraction of sp³-hybridized carbons (Fsp3) is 0.333. The average molecular weight is 352 g/mol. The maximum atomic E-state index is 13.9. The lowest BCUT2D eigenvalue weighted by Crippen LogP contribution is -2.26. The van der Waals surface area contributed by atoms with Crippen LogP contribution < -0.4 is 9.64 Å². The Bertz CT molecular complexity index is 653. The van der Waals surface area contributed by atoms with E-state index in [9.17, 15) is 4.39 Å². The highest BCUT2D eigenvalue weighted by Crippen LogP contribution is 2.26. The normalized spacial score (nSPS) is 18.0. The van der Waals surface area contributed by atoms with Crippen molar-refractivity contribution in [1.29, 1.82) is 0 Å². The van der Waals surface area contributed by atoms with Crippen molar-refractivity contribution in [2.75, 3.05) is 18.0 Å². The summed E-state index contributed by atoms with van der Waals surface area (Å²) in [4.78, 5) is 10.1. The smallest absolute Gasteiger partial charge is 0.166 e. The number of ether oxygens (including phenoxy) is 1. The second-order valence-electron chi connectivity index (χ2n) is 5.07. The van der Waals surface area contributed by atoms with E-state index in [0.29, 0.717) is 16.8 Å². The Balaban J connectivity index is 1.69. The highest BCUT2D eigenvalue weighted by molar-refractivity contribution is 9.10. The molecule has 2 aromatic rings. The number of pyridine rings is 2. The van der Waals surface area contributed by atoms with E-state index in [1.54, 1.807) is 18.6 Å². The molecule has 4 nitrogen and oxygen atoms in total. The van der Waals surface area contributed by atoms with Crippen LogP contribution >= 0.6 is 15.9 Å². The summed E-state index contributed by atoms with van der Waals surface area (Å²) in [7, 11) is 0. The van der Waals surface area contributed by atoms with Crippen molar-refractivity contribution in [2.24, 2.45) is 0 Å². The molecule has 2 aromatic heterocycles. The minimum Gasteiger partial charge on any atom is -0.488 e. The van der Waals surface area contributed by atoms with Crippen LogP contribution in [-0.2, 0) is 0 Å². The Kier molecular flexibility index (Phi) is 4.05. The standard InChI is InChI=1S/C15H15BrFN3O/c1-10-7-18-4-2-14(10)21-12-3-5-20(9-12)15-13(17)6-11(16)8-19-15/h2,4,6-8,12H,3,5,9H2,1H3. The average Bonchev–Trinajstić information content (AvgIpc) is 2.90. The van der Waals surface area contributed by atoms with E-state index in [1.165, 1.54) is 6.07 Å². The zero-order valence-electron chi connectivity index (χ0n) is 11.6. The van der Waals surface area contributed by atoms with E-state index in [0.717, 1.165) is 24.3 Å². The van der Waals surface area contributed by atoms with Gasteiger partial charge in [0.15, 0.2) is 11.6 Å². The monoisotopic (exact) mass is 351 g/mol. The lowest BCUT2D eigenvalue weighted by molar-refractivity contribution is 0.223. The van der Waals surface area contributed by atoms with Crippen LogP contribution in [0.3, 0.4) is 0 Å². The van der Waals surface area contributed by atoms with Crippen molar-refractivity contribution in [3.05, 3.63) is 46.6 Å². The predicted molar refractivity (Wildman–Crippen MR) is 82.1 cm³/mol. The molecule has 0 bridgehead atoms. The molecule has 1 fully saturated rings. The maximum Gasteiger partial charge on any atom is 0.166 e. The number of halogens is 2. The molecule has 1 saturated heterocycles. The molecule has 0 aromatic carbocycles. The summed E-state index contributed by atoms with van der Waals surface area (Å²) in [6, 6.07) is 3.29. The van der Waals surface area contributed by atoms with E-state index in [1.807, 2.05) is 17.9 Å². The zero-order valence-corrected chi connectivity index (χ0v) is 13.2. The zero-order chi connectivity index (χ0) is 14.8. The number of nitrogens with zero attached hydrogens (tertiary/aromatic N) is 3. The van der Waals surface area contributed by atoms with E-state index in [-0.39, 0.29) is 11.9 Å². The number of hydrogen-bond donors (Lipinski definition) is 0. The first-order chi connectivity index (χ1) is 10.1. The van der Waals surface area contributed by atoms with Crippen LogP contribution in [0, 0.1) is 12.7 Å². The highest BCUT2D eigenvalue weighted by atomic mass is 79.9. The number of anilines is 1. The quantitative estimate of drug-likeness (QED) is 0.849. The molecule has 1 atom stereocenters. The molecule has 0 radical (unpaired) electrons. The van der Waals surface area contributed by atoms with Gasteiger partial charge in [-0.05, 0) is 35.0 Å². The third-order valence-corrected chi connectivity index (χ3v) is 3.93. The molecule has 1 aliphatic heterocycles. The lowest BCUT2D eigenvalue weighted by Gasteiger charge is -2.19. The van der Waals surface area contributed by atoms with Crippen molar-refractivity contribution < 1.29 is 9.13 Å². The molecular weight excluding hydrogens is 337 g/mol. The van der Waals surface area contributed by atoms with E-state index in [2.05, 4.69) is 25.9 Å². The Morgan fingerprint density at radius 3 is 3.05 bits per heavy atom. The molecule has 3 rings (SSSR count). The largest absolute Gasteiger partial charge is 0.488 e. The fourth-order valence-electron chi connectivity index (χ4n) is 2.43. The lowest BCUT2D eigenvalue weighted by atomic mass is 10.2. The molecule has 110 valence electrons. The molecule has 0 amide bonds. The Morgan fingerprint density at radius 2 is 2.29 bits per heavy atom. The topological polar surface area (TPSA) is 38.2 Å². The first-order valence-electron chi connectivity index (χ1n) is 6.77. The predicted octanol–water partition coefficient (Wildman–Crippen LogP) is 3.34. The van der Waals surface area contributed by atoms with Crippen LogP contribution in [0.4, 0.5) is 10.2 Å². The first kappa shape index (κ1) is 14.3. The van der Waals surface area contributed by atoms with Gasteiger partial charge in [0.25, 0.3) is 0 Å². The summed E-state index contributed by atoms with van der Waals surface area (Å²) < 4.78 is 20.6. The number of aryl methyl sites for hydroxylation is 1. The molecule has 1 unspecified atom stereocenters. The Hall–Kier alpha value is -1.69. The van der Waals surface area contributed by atoms with Gasteiger partial charge < -0.3 is 9.64 Å². The number of rotatable bonds is 3. The molecule has 0 saturated carbocycles. The van der Waals surface area contributed by atoms with Gasteiger partial charge >= 0.3 is 0 Å². The van der Waals surface area contributed by atoms with Crippen LogP contribution in [-0.4, -0.2) is 29.2 Å². The summed E-state index contributed by atoms with van der Waals surface area (Å²) in [5.74, 6) is 0.905. The van der Waals surface area contributed by atoms with Gasteiger partial charge in [0.1, 0.15) is 11.9 Å². The minimum atomic E-state index is -0.315. The van der Waals surface area contributed by atoms with Crippen LogP contribution in [0.15, 0.2) is 35.2 Å². The van der Waals surface area contributed by atoms with Gasteiger partial charge in [-0.25, -0.2) is 9.37 Å². The second kappa shape index (κ2) is 5.97. The highest BCUT2D eigenvalue weighted by Gasteiger charge is 2.27. The molecule has 0 N–H and O–H groups in total. The molecule has 0 aliphatic carbocycles. The first-order valence-corrected chi connectivity index (χ1v) is 7.56. The van der Waals surface area contributed by atoms with Gasteiger partial charge in [-0.3, -0.25) is 4.98 Å². The molecule has 21 heavy (non-hydrogen) atoms. The van der Waals surface area contributed by atoms with Crippen LogP contribution in [0.25, 0.3) is 0 Å². The van der Waals surface area contributed by atoms with Crippen molar-refractivity contribution in [2.45, 2.75) is 19.4 Å². The Morgan fingerprint density at radius 1 is 1.43 bits per heavy atom. The van der Waals surface area contributed by atoms with Crippen molar-refractivity contribution >= 4 is 21.7 Å². The van der Waals surface area contributed by atoms with Crippen LogP contribution in [0.5, 0.6) is 5.75 Å². The summed E-state index contributed by atoms with van der Waals surface area (Å²) in [6.45, 7) is 3.33. The third-order valence-electron chi connectivity index (χ3n) is 3.50. The molecule has 3 heterocycles. The van der Waals surface area contributed by atoms with Crippen LogP contribution in [0.2, 0.25) is 0 Å². The van der Waals surface area contributed by atoms with Gasteiger partial charge in [0, 0.05) is 41.6 Å². The number of aromatic nitrogens is 2. The molecule has 6 heteroatoms. The van der Waals surface area contributed by atoms with Gasteiger partial charge in [-0.1, -0.05) is 0 Å². The van der Waals surface area contributed by atoms with Gasteiger partial charge in [-0.15, -0.1) is 0 Å². The van der Waals surface area contributed by atoms with Gasteiger partial charge in [0.2, 0.25) is 0 Å². The van der Waals surface area contributed by atoms with E-state index < -0.39 is 0 Å². The van der Waals surface area contributed by atoms with Crippen molar-refractivity contribution in [3.8, 4) is 5.75 Å². The fourth-order valence-corrected chi connectivity index (χ4v) is 2.73. The van der Waals surface area contributed by atoms with Gasteiger partial charge in [0.05, 0.1) is 6.54 Å². The summed E-state index contributed by atoms with van der Waals surface area (Å²) >= 11 is 3.22. The van der Waals surface area contributed by atoms with Crippen molar-refractivity contribution in [3.63, 3.8) is 0 Å². The van der Waals surface area contributed by atoms with Gasteiger partial charge in [-0.2, -0.15) is 0 Å².